The van der Waals surface area contributed by atoms with Gasteiger partial charge in [-0.2, -0.15) is 0 Å². The van der Waals surface area contributed by atoms with Gasteiger partial charge in [-0.05, 0) is 0 Å². The van der Waals surface area contributed by atoms with Gasteiger partial charge in [-0.1, -0.05) is 0 Å². The van der Waals surface area contributed by atoms with Gasteiger partial charge in [-0.3, -0.25) is 9.59 Å². The van der Waals surface area contributed by atoms with Crippen molar-refractivity contribution in [3.8, 4) is 17.2 Å². The van der Waals surface area contributed by atoms with Crippen molar-refractivity contribution in [2.45, 2.75) is 13.8 Å². The molecule has 0 bridgehead atoms. The summed E-state index contributed by atoms with van der Waals surface area (Å²) < 4.78 is 20.9. The average molecular weight is 650 g/mol. The molecule has 3 aromatic carbocycles. The van der Waals surface area contributed by atoms with Crippen molar-refractivity contribution >= 4 is 43.5 Å². The minimum atomic E-state index is -2.69. The van der Waals surface area contributed by atoms with Crippen LogP contribution < -0.4 is 24.0 Å². The van der Waals surface area contributed by atoms with E-state index in [2.05, 4.69) is 36.4 Å². The molecule has 33 heavy (non-hydrogen) atoms. The van der Waals surface area contributed by atoms with Crippen LogP contribution in [0.1, 0.15) is 13.8 Å². The van der Waals surface area contributed by atoms with Gasteiger partial charge >= 0.3 is 157 Å². The van der Waals surface area contributed by atoms with Crippen molar-refractivity contribution < 1.29 is 34.0 Å². The minimum absolute atomic E-state index is 0.833. The third-order valence-corrected chi connectivity index (χ3v) is 13.9. The second-order valence-corrected chi connectivity index (χ2v) is 14.6. The Hall–Kier alpha value is -3.12. The SMILES string of the molecule is CC(=O)O.CC(=O)O.COc1cccc[c]1[Bi]([c]1ccccc1OC)[c]1ccccc1OC. The Morgan fingerprint density at radius 1 is 0.576 bits per heavy atom. The van der Waals surface area contributed by atoms with Crippen LogP contribution in [0.3, 0.4) is 0 Å². The summed E-state index contributed by atoms with van der Waals surface area (Å²) >= 11 is -2.69. The van der Waals surface area contributed by atoms with Gasteiger partial charge in [0.25, 0.3) is 11.9 Å². The molecular formula is C25H29BiO7. The molecule has 0 aromatic heterocycles. The summed E-state index contributed by atoms with van der Waals surface area (Å²) in [4.78, 5) is 18.0. The van der Waals surface area contributed by atoms with E-state index in [4.69, 9.17) is 34.0 Å². The summed E-state index contributed by atoms with van der Waals surface area (Å²) in [7, 11) is 5.18. The number of carbonyl (C=O) groups is 2. The third kappa shape index (κ3) is 9.10. The Balaban J connectivity index is 0.000000591. The predicted octanol–water partition coefficient (Wildman–Crippen LogP) is 2.41. The van der Waals surface area contributed by atoms with E-state index in [1.807, 2.05) is 36.4 Å². The zero-order chi connectivity index (χ0) is 24.8. The quantitative estimate of drug-likeness (QED) is 0.396. The number of carboxylic acids is 2. The Bertz CT molecular complexity index is 904. The van der Waals surface area contributed by atoms with Gasteiger partial charge < -0.3 is 10.2 Å². The summed E-state index contributed by atoms with van der Waals surface area (Å²) in [5.41, 5.74) is 0. The molecule has 0 unspecified atom stereocenters. The average Bonchev–Trinajstić information content (AvgIpc) is 2.79. The molecule has 0 heterocycles. The van der Waals surface area contributed by atoms with Crippen LogP contribution in [0.4, 0.5) is 0 Å². The van der Waals surface area contributed by atoms with Crippen LogP contribution in [0.25, 0.3) is 0 Å². The molecule has 0 fully saturated rings. The number of aliphatic carboxylic acids is 2. The molecule has 8 heteroatoms. The van der Waals surface area contributed by atoms with Crippen LogP contribution in [0.5, 0.6) is 17.2 Å². The van der Waals surface area contributed by atoms with E-state index in [1.165, 1.54) is 9.81 Å². The molecule has 3 aromatic rings. The van der Waals surface area contributed by atoms with E-state index in [1.54, 1.807) is 21.3 Å². The fraction of sp³-hybridized carbons (Fsp3) is 0.200. The summed E-state index contributed by atoms with van der Waals surface area (Å²) in [6.07, 6.45) is 0. The number of benzene rings is 3. The maximum atomic E-state index is 9.00. The van der Waals surface area contributed by atoms with Crippen LogP contribution >= 0.6 is 0 Å². The van der Waals surface area contributed by atoms with Gasteiger partial charge in [0, 0.05) is 13.8 Å². The van der Waals surface area contributed by atoms with E-state index in [9.17, 15) is 0 Å². The Kier molecular flexibility index (Phi) is 12.6. The Morgan fingerprint density at radius 3 is 1.00 bits per heavy atom. The molecule has 0 saturated carbocycles. The van der Waals surface area contributed by atoms with Crippen molar-refractivity contribution in [3.63, 3.8) is 0 Å². The van der Waals surface area contributed by atoms with Gasteiger partial charge in [0.15, 0.2) is 0 Å². The Morgan fingerprint density at radius 2 is 0.788 bits per heavy atom. The molecule has 0 aliphatic heterocycles. The van der Waals surface area contributed by atoms with Crippen LogP contribution in [-0.4, -0.2) is 65.2 Å². The van der Waals surface area contributed by atoms with Crippen molar-refractivity contribution in [1.29, 1.82) is 0 Å². The maximum absolute atomic E-state index is 9.00. The van der Waals surface area contributed by atoms with Gasteiger partial charge in [0.2, 0.25) is 0 Å². The molecule has 2 N–H and O–H groups in total. The normalized spacial score (nSPS) is 9.52. The first kappa shape index (κ1) is 27.9. The molecule has 0 aliphatic rings. The van der Waals surface area contributed by atoms with Crippen molar-refractivity contribution in [1.82, 2.24) is 0 Å². The van der Waals surface area contributed by atoms with Crippen molar-refractivity contribution in [2.75, 3.05) is 21.3 Å². The standard InChI is InChI=1S/3C7H7O.2C2H4O2.Bi/c3*1-8-7-5-3-2-4-6-7;2*1-2(3)4;/h3*2-5H,1H3;2*1H3,(H,3,4);. The van der Waals surface area contributed by atoms with Gasteiger partial charge in [-0.15, -0.1) is 0 Å². The third-order valence-electron chi connectivity index (χ3n) is 3.98. The molecule has 0 spiro atoms. The van der Waals surface area contributed by atoms with Crippen molar-refractivity contribution in [2.24, 2.45) is 0 Å². The van der Waals surface area contributed by atoms with Crippen LogP contribution in [0.15, 0.2) is 72.8 Å². The zero-order valence-corrected chi connectivity index (χ0v) is 22.8. The van der Waals surface area contributed by atoms with Crippen LogP contribution in [-0.2, 0) is 9.59 Å². The molecule has 0 aliphatic carbocycles. The molecular weight excluding hydrogens is 621 g/mol. The fourth-order valence-electron chi connectivity index (χ4n) is 2.83. The molecule has 0 radical (unpaired) electrons. The molecule has 7 nitrogen and oxygen atoms in total. The number of methoxy groups -OCH3 is 3. The zero-order valence-electron chi connectivity index (χ0n) is 19.3. The van der Waals surface area contributed by atoms with Gasteiger partial charge in [0.1, 0.15) is 0 Å². The van der Waals surface area contributed by atoms with E-state index in [0.29, 0.717) is 0 Å². The van der Waals surface area contributed by atoms with Crippen LogP contribution in [0, 0.1) is 0 Å². The van der Waals surface area contributed by atoms with E-state index in [0.717, 1.165) is 31.1 Å². The molecule has 0 amide bonds. The molecule has 176 valence electrons. The predicted molar refractivity (Wildman–Crippen MR) is 130 cm³/mol. The second kappa shape index (κ2) is 14.9. The molecule has 0 atom stereocenters. The number of hydrogen-bond acceptors (Lipinski definition) is 5. The number of hydrogen-bond donors (Lipinski definition) is 2. The number of rotatable bonds is 6. The van der Waals surface area contributed by atoms with Gasteiger partial charge in [-0.25, -0.2) is 0 Å². The summed E-state index contributed by atoms with van der Waals surface area (Å²) in [6, 6.07) is 24.9. The van der Waals surface area contributed by atoms with Crippen LogP contribution in [0.2, 0.25) is 0 Å². The topological polar surface area (TPSA) is 102 Å². The van der Waals surface area contributed by atoms with Crippen molar-refractivity contribution in [3.05, 3.63) is 72.8 Å². The first-order chi connectivity index (χ1) is 15.8. The fourth-order valence-corrected chi connectivity index (χ4v) is 13.1. The first-order valence-electron chi connectivity index (χ1n) is 9.85. The van der Waals surface area contributed by atoms with E-state index in [-0.39, 0.29) is 0 Å². The number of carboxylic acid groups (broad SMARTS) is 2. The van der Waals surface area contributed by atoms with E-state index < -0.39 is 33.7 Å². The summed E-state index contributed by atoms with van der Waals surface area (Å²) in [5, 5.41) is 14.8. The molecule has 3 rings (SSSR count). The molecule has 0 saturated heterocycles. The van der Waals surface area contributed by atoms with Gasteiger partial charge in [0.05, 0.1) is 0 Å². The first-order valence-corrected chi connectivity index (χ1v) is 15.1. The summed E-state index contributed by atoms with van der Waals surface area (Å²) in [6.45, 7) is 2.17. The summed E-state index contributed by atoms with van der Waals surface area (Å²) in [5.74, 6) is 1.12. The monoisotopic (exact) mass is 650 g/mol. The number of para-hydroxylation sites is 3. The Labute approximate surface area is 202 Å². The van der Waals surface area contributed by atoms with E-state index >= 15 is 0 Å². The number of ether oxygens (including phenoxy) is 3. The second-order valence-electron chi connectivity index (χ2n) is 6.39.